The van der Waals surface area contributed by atoms with E-state index in [9.17, 15) is 4.79 Å². The van der Waals surface area contributed by atoms with E-state index in [2.05, 4.69) is 20.9 Å². The third-order valence-corrected chi connectivity index (χ3v) is 4.15. The van der Waals surface area contributed by atoms with E-state index in [-0.39, 0.29) is 5.56 Å². The molecule has 0 saturated heterocycles. The molecule has 1 heterocycles. The lowest BCUT2D eigenvalue weighted by molar-refractivity contribution is 0.0693. The van der Waals surface area contributed by atoms with Gasteiger partial charge >= 0.3 is 5.97 Å². The Kier molecular flexibility index (Phi) is 4.85. The number of halogens is 2. The summed E-state index contributed by atoms with van der Waals surface area (Å²) in [5.41, 5.74) is 1.10. The molecule has 0 amide bonds. The number of benzene rings is 1. The summed E-state index contributed by atoms with van der Waals surface area (Å²) < 4.78 is 0.846. The predicted molar refractivity (Wildman–Crippen MR) is 79.9 cm³/mol. The summed E-state index contributed by atoms with van der Waals surface area (Å²) in [6, 6.07) is 8.56. The van der Waals surface area contributed by atoms with Crippen LogP contribution in [0.3, 0.4) is 0 Å². The lowest BCUT2D eigenvalue weighted by atomic mass is 10.2. The molecule has 2 rings (SSSR count). The number of nitrogens with zero attached hydrogens (tertiary/aromatic N) is 1. The van der Waals surface area contributed by atoms with Gasteiger partial charge in [0.2, 0.25) is 0 Å². The fourth-order valence-electron chi connectivity index (χ4n) is 1.47. The van der Waals surface area contributed by atoms with Crippen molar-refractivity contribution in [1.82, 2.24) is 4.98 Å². The van der Waals surface area contributed by atoms with Gasteiger partial charge in [0.05, 0.1) is 11.3 Å². The molecule has 0 aliphatic rings. The highest BCUT2D eigenvalue weighted by Gasteiger charge is 2.11. The average Bonchev–Trinajstić information content (AvgIpc) is 2.36. The Morgan fingerprint density at radius 3 is 2.84 bits per heavy atom. The van der Waals surface area contributed by atoms with Crippen molar-refractivity contribution in [3.05, 3.63) is 57.3 Å². The Hall–Kier alpha value is -1.04. The van der Waals surface area contributed by atoms with Crippen LogP contribution in [0.25, 0.3) is 0 Å². The standard InChI is InChI=1S/C13H9BrClNO2S/c14-8-1-2-11(13(17)18)12(5-8)19-7-10-6-9(15)3-4-16-10/h1-6H,7H2,(H,17,18). The minimum atomic E-state index is -0.936. The molecule has 0 fully saturated rings. The van der Waals surface area contributed by atoms with Gasteiger partial charge in [0.25, 0.3) is 0 Å². The second-order valence-corrected chi connectivity index (χ2v) is 6.07. The summed E-state index contributed by atoms with van der Waals surface area (Å²) in [7, 11) is 0. The molecule has 1 aromatic heterocycles. The van der Waals surface area contributed by atoms with Crippen molar-refractivity contribution in [1.29, 1.82) is 0 Å². The first-order valence-corrected chi connectivity index (χ1v) is 7.48. The molecule has 0 atom stereocenters. The second-order valence-electron chi connectivity index (χ2n) is 3.70. The van der Waals surface area contributed by atoms with E-state index in [4.69, 9.17) is 16.7 Å². The number of rotatable bonds is 4. The molecular formula is C13H9BrClNO2S. The fraction of sp³-hybridized carbons (Fsp3) is 0.0769. The molecule has 0 unspecified atom stereocenters. The van der Waals surface area contributed by atoms with Crippen molar-refractivity contribution in [2.24, 2.45) is 0 Å². The molecule has 3 nitrogen and oxygen atoms in total. The van der Waals surface area contributed by atoms with Crippen LogP contribution in [0, 0.1) is 0 Å². The third-order valence-electron chi connectivity index (χ3n) is 2.33. The average molecular weight is 359 g/mol. The summed E-state index contributed by atoms with van der Waals surface area (Å²) in [6.07, 6.45) is 1.64. The van der Waals surface area contributed by atoms with Gasteiger partial charge in [-0.2, -0.15) is 0 Å². The Labute approximate surface area is 128 Å². The maximum atomic E-state index is 11.1. The number of thioether (sulfide) groups is 1. The molecule has 0 spiro atoms. The van der Waals surface area contributed by atoms with Gasteiger partial charge in [0, 0.05) is 26.3 Å². The Morgan fingerprint density at radius 2 is 2.16 bits per heavy atom. The van der Waals surface area contributed by atoms with Crippen molar-refractivity contribution < 1.29 is 9.90 Å². The van der Waals surface area contributed by atoms with E-state index in [1.807, 2.05) is 0 Å². The normalized spacial score (nSPS) is 10.4. The number of aromatic nitrogens is 1. The van der Waals surface area contributed by atoms with Crippen molar-refractivity contribution >= 4 is 45.3 Å². The Bertz CT molecular complexity index is 621. The molecule has 0 aliphatic carbocycles. The Balaban J connectivity index is 2.19. The molecule has 2 aromatic rings. The van der Waals surface area contributed by atoms with E-state index in [0.29, 0.717) is 15.7 Å². The van der Waals surface area contributed by atoms with Crippen LogP contribution in [-0.4, -0.2) is 16.1 Å². The maximum Gasteiger partial charge on any atom is 0.336 e. The molecule has 6 heteroatoms. The zero-order valence-electron chi connectivity index (χ0n) is 9.64. The minimum Gasteiger partial charge on any atom is -0.478 e. The number of carbonyl (C=O) groups is 1. The molecule has 0 radical (unpaired) electrons. The van der Waals surface area contributed by atoms with Gasteiger partial charge in [0.1, 0.15) is 0 Å². The van der Waals surface area contributed by atoms with Crippen LogP contribution in [-0.2, 0) is 5.75 Å². The van der Waals surface area contributed by atoms with Crippen LogP contribution >= 0.6 is 39.3 Å². The monoisotopic (exact) mass is 357 g/mol. The second kappa shape index (κ2) is 6.41. The zero-order valence-corrected chi connectivity index (χ0v) is 12.8. The molecule has 98 valence electrons. The van der Waals surface area contributed by atoms with Crippen LogP contribution in [0.2, 0.25) is 5.02 Å². The highest BCUT2D eigenvalue weighted by Crippen LogP contribution is 2.29. The molecule has 1 aromatic carbocycles. The van der Waals surface area contributed by atoms with Gasteiger partial charge in [-0.15, -0.1) is 11.8 Å². The van der Waals surface area contributed by atoms with Crippen LogP contribution in [0.1, 0.15) is 16.1 Å². The fourth-order valence-corrected chi connectivity index (χ4v) is 3.15. The number of pyridine rings is 1. The summed E-state index contributed by atoms with van der Waals surface area (Å²) in [5.74, 6) is -0.369. The van der Waals surface area contributed by atoms with Gasteiger partial charge in [-0.05, 0) is 30.3 Å². The zero-order chi connectivity index (χ0) is 13.8. The van der Waals surface area contributed by atoms with Crippen molar-refractivity contribution in [3.8, 4) is 0 Å². The van der Waals surface area contributed by atoms with Gasteiger partial charge in [-0.25, -0.2) is 4.79 Å². The van der Waals surface area contributed by atoms with Crippen molar-refractivity contribution in [2.75, 3.05) is 0 Å². The predicted octanol–water partition coefficient (Wildman–Crippen LogP) is 4.49. The molecule has 1 N–H and O–H groups in total. The number of hydrogen-bond acceptors (Lipinski definition) is 3. The van der Waals surface area contributed by atoms with Gasteiger partial charge in [-0.1, -0.05) is 27.5 Å². The highest BCUT2D eigenvalue weighted by atomic mass is 79.9. The van der Waals surface area contributed by atoms with Gasteiger partial charge < -0.3 is 5.11 Å². The number of hydrogen-bond donors (Lipinski definition) is 1. The Morgan fingerprint density at radius 1 is 1.37 bits per heavy atom. The van der Waals surface area contributed by atoms with Gasteiger partial charge in [-0.3, -0.25) is 4.98 Å². The molecule has 0 bridgehead atoms. The van der Waals surface area contributed by atoms with E-state index < -0.39 is 5.97 Å². The van der Waals surface area contributed by atoms with Crippen LogP contribution < -0.4 is 0 Å². The summed E-state index contributed by atoms with van der Waals surface area (Å²) in [6.45, 7) is 0. The smallest absolute Gasteiger partial charge is 0.336 e. The summed E-state index contributed by atoms with van der Waals surface area (Å²) in [4.78, 5) is 16.0. The lowest BCUT2D eigenvalue weighted by Gasteiger charge is -2.06. The first kappa shape index (κ1) is 14.4. The van der Waals surface area contributed by atoms with E-state index in [1.54, 1.807) is 36.5 Å². The molecule has 19 heavy (non-hydrogen) atoms. The van der Waals surface area contributed by atoms with Crippen LogP contribution in [0.15, 0.2) is 45.9 Å². The topological polar surface area (TPSA) is 50.2 Å². The van der Waals surface area contributed by atoms with E-state index in [1.165, 1.54) is 11.8 Å². The molecular weight excluding hydrogens is 350 g/mol. The van der Waals surface area contributed by atoms with Gasteiger partial charge in [0.15, 0.2) is 0 Å². The first-order chi connectivity index (χ1) is 9.06. The largest absolute Gasteiger partial charge is 0.478 e. The summed E-state index contributed by atoms with van der Waals surface area (Å²) in [5, 5.41) is 9.76. The SMILES string of the molecule is O=C(O)c1ccc(Br)cc1SCc1cc(Cl)ccn1. The van der Waals surface area contributed by atoms with E-state index >= 15 is 0 Å². The van der Waals surface area contributed by atoms with E-state index in [0.717, 1.165) is 10.2 Å². The number of carboxylic acids is 1. The number of aromatic carboxylic acids is 1. The number of carboxylic acid groups (broad SMARTS) is 1. The van der Waals surface area contributed by atoms with Crippen molar-refractivity contribution in [2.45, 2.75) is 10.6 Å². The third kappa shape index (κ3) is 3.96. The summed E-state index contributed by atoms with van der Waals surface area (Å²) >= 11 is 10.6. The quantitative estimate of drug-likeness (QED) is 0.818. The maximum absolute atomic E-state index is 11.1. The molecule has 0 saturated carbocycles. The van der Waals surface area contributed by atoms with Crippen molar-refractivity contribution in [3.63, 3.8) is 0 Å². The van der Waals surface area contributed by atoms with Crippen LogP contribution in [0.5, 0.6) is 0 Å². The first-order valence-electron chi connectivity index (χ1n) is 5.32. The highest BCUT2D eigenvalue weighted by molar-refractivity contribution is 9.10. The molecule has 0 aliphatic heterocycles. The van der Waals surface area contributed by atoms with Crippen LogP contribution in [0.4, 0.5) is 0 Å². The lowest BCUT2D eigenvalue weighted by Crippen LogP contribution is -1.99. The minimum absolute atomic E-state index is 0.287.